The van der Waals surface area contributed by atoms with Gasteiger partial charge in [-0.05, 0) is 0 Å². The van der Waals surface area contributed by atoms with Crippen molar-refractivity contribution in [2.45, 2.75) is 35.1 Å². The van der Waals surface area contributed by atoms with Gasteiger partial charge in [-0.15, -0.1) is 0 Å². The molecule has 0 spiro atoms. The van der Waals surface area contributed by atoms with Gasteiger partial charge in [0.25, 0.3) is 0 Å². The van der Waals surface area contributed by atoms with Crippen molar-refractivity contribution in [3.05, 3.63) is 0 Å². The SMILES string of the molecule is C.CC.CC.N.[3HH]. The minimum absolute atomic E-state index is 0. The summed E-state index contributed by atoms with van der Waals surface area (Å²) < 4.78 is 0. The summed E-state index contributed by atoms with van der Waals surface area (Å²) >= 11 is 0. The zero-order chi connectivity index (χ0) is 4.00. The molecule has 0 unspecified atom stereocenters. The second-order valence-electron chi connectivity index (χ2n) is 0. The first-order chi connectivity index (χ1) is 2.00. The third kappa shape index (κ3) is 21700. The largest absolute Gasteiger partial charge is 0.344 e. The second-order valence-corrected chi connectivity index (χ2v) is 0. The van der Waals surface area contributed by atoms with Gasteiger partial charge in [0.15, 0.2) is 0 Å². The third-order valence-corrected chi connectivity index (χ3v) is 0. The van der Waals surface area contributed by atoms with Gasteiger partial charge in [-0.3, -0.25) is 0 Å². The Labute approximate surface area is 43.8 Å². The standard InChI is InChI=1S/2C2H6.CH4.H3N.H2/c2*1-2;;;/h2*1-2H3;1H4;1H3;1H/i;;;;1+2. The van der Waals surface area contributed by atoms with Crippen molar-refractivity contribution in [2.24, 2.45) is 0 Å². The summed E-state index contributed by atoms with van der Waals surface area (Å²) in [5.74, 6) is 0. The van der Waals surface area contributed by atoms with Gasteiger partial charge >= 0.3 is 0 Å². The Morgan fingerprint density at radius 1 is 0.833 bits per heavy atom. The highest BCUT2D eigenvalue weighted by molar-refractivity contribution is 3.51. The van der Waals surface area contributed by atoms with Crippen LogP contribution in [0.15, 0.2) is 0 Å². The fraction of sp³-hybridized carbons (Fsp3) is 1.00. The van der Waals surface area contributed by atoms with E-state index in [1.54, 1.807) is 0 Å². The van der Waals surface area contributed by atoms with E-state index in [2.05, 4.69) is 0 Å². The highest BCUT2D eigenvalue weighted by Gasteiger charge is 0.934. The van der Waals surface area contributed by atoms with Gasteiger partial charge in [-0.25, -0.2) is 0 Å². The Morgan fingerprint density at radius 2 is 0.833 bits per heavy atom. The predicted molar refractivity (Wildman–Crippen MR) is 36.6 cm³/mol. The fourth-order valence-electron chi connectivity index (χ4n) is 0. The molecule has 0 aliphatic heterocycles. The van der Waals surface area contributed by atoms with Crippen molar-refractivity contribution in [1.29, 1.82) is 0 Å². The molecule has 0 bridgehead atoms. The van der Waals surface area contributed by atoms with Gasteiger partial charge in [-0.1, -0.05) is 35.1 Å². The molecule has 3 N–H and O–H groups in total. The van der Waals surface area contributed by atoms with Crippen molar-refractivity contribution < 1.29 is 1.43 Å². The summed E-state index contributed by atoms with van der Waals surface area (Å²) in [6.45, 7) is 8.00. The molecule has 0 saturated carbocycles. The lowest BCUT2D eigenvalue weighted by atomic mass is 11.0. The number of hydrogen-bond donors (Lipinski definition) is 1. The quantitative estimate of drug-likeness (QED) is 0.495. The molecule has 0 rings (SSSR count). The van der Waals surface area contributed by atoms with Crippen LogP contribution in [0.4, 0.5) is 0 Å². The van der Waals surface area contributed by atoms with E-state index in [9.17, 15) is 0 Å². The smallest absolute Gasteiger partial charge is 0 e. The van der Waals surface area contributed by atoms with E-state index in [1.165, 1.54) is 0 Å². The molecule has 0 radical (unpaired) electrons. The van der Waals surface area contributed by atoms with E-state index in [1.807, 2.05) is 27.7 Å². The van der Waals surface area contributed by atoms with Gasteiger partial charge in [0.05, 0.1) is 0 Å². The summed E-state index contributed by atoms with van der Waals surface area (Å²) in [7, 11) is 0. The van der Waals surface area contributed by atoms with Crippen LogP contribution in [0.3, 0.4) is 0 Å². The monoisotopic (exact) mass is 97.2 g/mol. The lowest BCUT2D eigenvalue weighted by molar-refractivity contribution is 1.50. The fourth-order valence-corrected chi connectivity index (χ4v) is 0. The molecule has 0 aliphatic carbocycles. The first-order valence-electron chi connectivity index (χ1n) is 2.00. The normalized spacial score (nSPS) is 2.00. The summed E-state index contributed by atoms with van der Waals surface area (Å²) in [5, 5.41) is 0. The van der Waals surface area contributed by atoms with Crippen molar-refractivity contribution in [2.75, 3.05) is 0 Å². The van der Waals surface area contributed by atoms with Crippen molar-refractivity contribution in [3.63, 3.8) is 0 Å². The molecule has 0 amide bonds. The van der Waals surface area contributed by atoms with Gasteiger partial charge in [-0.2, -0.15) is 0 Å². The Balaban J connectivity index is -0.00000000267. The maximum atomic E-state index is 2.00. The molecule has 0 atom stereocenters. The van der Waals surface area contributed by atoms with Gasteiger partial charge in [0, 0.05) is 1.43 Å². The zero-order valence-corrected chi connectivity index (χ0v) is 4.71. The van der Waals surface area contributed by atoms with E-state index in [0.717, 1.165) is 0 Å². The molecule has 0 aromatic carbocycles. The Bertz CT molecular complexity index is 8.04. The Kier molecular flexibility index (Phi) is 309000. The van der Waals surface area contributed by atoms with Crippen molar-refractivity contribution in [3.8, 4) is 0 Å². The molecule has 0 aromatic rings. The van der Waals surface area contributed by atoms with Crippen molar-refractivity contribution in [1.82, 2.24) is 6.15 Å². The van der Waals surface area contributed by atoms with Crippen LogP contribution in [0.25, 0.3) is 0 Å². The number of rotatable bonds is 0. The lowest BCUT2D eigenvalue weighted by Gasteiger charge is -1.07. The Hall–Kier alpha value is -0.0400. The average Bonchev–Trinajstić information content (AvgIpc) is 1.50. The van der Waals surface area contributed by atoms with Crippen molar-refractivity contribution >= 4 is 0 Å². The Morgan fingerprint density at radius 3 is 0.833 bits per heavy atom. The van der Waals surface area contributed by atoms with E-state index in [0.29, 0.717) is 0 Å². The first kappa shape index (κ1) is 38.2. The highest BCUT2D eigenvalue weighted by Crippen LogP contribution is 1.15. The predicted octanol–water partition coefficient (Wildman–Crippen LogP) is 3.10. The van der Waals surface area contributed by atoms with Crippen LogP contribution in [0.5, 0.6) is 0 Å². The highest BCUT2D eigenvalue weighted by atomic mass is 14.0. The van der Waals surface area contributed by atoms with Crippen LogP contribution in [0.1, 0.15) is 36.5 Å². The van der Waals surface area contributed by atoms with Gasteiger partial charge in [0.1, 0.15) is 0 Å². The zero-order valence-electron chi connectivity index (χ0n) is 4.71. The average molecular weight is 97.2 g/mol. The summed E-state index contributed by atoms with van der Waals surface area (Å²) in [5.41, 5.74) is 0. The molecular weight excluding hydrogens is 74.1 g/mol. The summed E-state index contributed by atoms with van der Waals surface area (Å²) in [6, 6.07) is 0. The molecule has 0 saturated heterocycles. The topological polar surface area (TPSA) is 35.0 Å². The minimum atomic E-state index is 0. The molecule has 46 valence electrons. The van der Waals surface area contributed by atoms with E-state index in [-0.39, 0.29) is 15.0 Å². The van der Waals surface area contributed by atoms with E-state index < -0.39 is 0 Å². The van der Waals surface area contributed by atoms with Crippen LogP contribution in [0.2, 0.25) is 0 Å². The third-order valence-electron chi connectivity index (χ3n) is 0. The molecule has 1 nitrogen and oxygen atoms in total. The van der Waals surface area contributed by atoms with Crippen LogP contribution >= 0.6 is 0 Å². The number of hydrogen-bond acceptors (Lipinski definition) is 1. The van der Waals surface area contributed by atoms with Crippen LogP contribution in [0, 0.1) is 0 Å². The summed E-state index contributed by atoms with van der Waals surface area (Å²) in [4.78, 5) is 0. The van der Waals surface area contributed by atoms with E-state index >= 15 is 0 Å². The molecule has 1 heteroatoms. The van der Waals surface area contributed by atoms with Crippen LogP contribution < -0.4 is 6.15 Å². The first-order valence-corrected chi connectivity index (χ1v) is 2.00. The van der Waals surface area contributed by atoms with Crippen LogP contribution in [-0.4, -0.2) is 0 Å². The van der Waals surface area contributed by atoms with E-state index in [4.69, 9.17) is 0 Å². The molecule has 0 heterocycles. The second kappa shape index (κ2) is 48600. The minimum Gasteiger partial charge on any atom is -0.344 e. The van der Waals surface area contributed by atoms with Gasteiger partial charge in [0.2, 0.25) is 0 Å². The summed E-state index contributed by atoms with van der Waals surface area (Å²) in [6.07, 6.45) is 0. The molecule has 0 aromatic heterocycles. The lowest BCUT2D eigenvalue weighted by Crippen LogP contribution is -0.856. The maximum absolute atomic E-state index is 2.00. The molecule has 0 aliphatic rings. The maximum Gasteiger partial charge on any atom is 0 e. The van der Waals surface area contributed by atoms with Crippen LogP contribution in [-0.2, 0) is 0 Å². The molecular formula is C5H21N. The van der Waals surface area contributed by atoms with Gasteiger partial charge < -0.3 is 6.15 Å². The molecule has 6 heavy (non-hydrogen) atoms. The molecule has 0 fully saturated rings.